The summed E-state index contributed by atoms with van der Waals surface area (Å²) in [5.74, 6) is 0.0772. The zero-order valence-electron chi connectivity index (χ0n) is 12.5. The van der Waals surface area contributed by atoms with Crippen LogP contribution in [0.4, 0.5) is 0 Å². The van der Waals surface area contributed by atoms with Crippen LogP contribution >= 0.6 is 0 Å². The molecule has 2 aromatic rings. The van der Waals surface area contributed by atoms with Crippen LogP contribution in [0.1, 0.15) is 26.3 Å². The Kier molecular flexibility index (Phi) is 3.68. The zero-order valence-corrected chi connectivity index (χ0v) is 12.5. The van der Waals surface area contributed by atoms with Crippen LogP contribution < -0.4 is 5.32 Å². The first-order valence-electron chi connectivity index (χ1n) is 7.33. The summed E-state index contributed by atoms with van der Waals surface area (Å²) in [7, 11) is 0. The van der Waals surface area contributed by atoms with Crippen LogP contribution in [-0.4, -0.2) is 35.2 Å². The topological polar surface area (TPSA) is 56.1 Å². The molecule has 3 rings (SSSR count). The lowest BCUT2D eigenvalue weighted by Gasteiger charge is -2.38. The van der Waals surface area contributed by atoms with E-state index in [1.54, 1.807) is 0 Å². The number of aromatic nitrogens is 2. The van der Waals surface area contributed by atoms with E-state index in [2.05, 4.69) is 21.8 Å². The van der Waals surface area contributed by atoms with E-state index in [0.717, 1.165) is 24.2 Å². The van der Waals surface area contributed by atoms with Gasteiger partial charge in [0.25, 0.3) is 0 Å². The fraction of sp³-hybridized carbons (Fsp3) is 0.500. The number of nitrogens with one attached hydrogen (secondary N) is 1. The Hall–Kier alpha value is -1.88. The second-order valence-corrected chi connectivity index (χ2v) is 6.27. The predicted octanol–water partition coefficient (Wildman–Crippen LogP) is 2.14. The van der Waals surface area contributed by atoms with Gasteiger partial charge in [0.1, 0.15) is 0 Å². The molecular formula is C16H21N3O2. The zero-order chi connectivity index (χ0) is 14.9. The molecule has 1 atom stereocenters. The van der Waals surface area contributed by atoms with Gasteiger partial charge in [-0.2, -0.15) is 0 Å². The average Bonchev–Trinajstić information content (AvgIpc) is 2.87. The van der Waals surface area contributed by atoms with Gasteiger partial charge in [0.2, 0.25) is 5.91 Å². The lowest BCUT2D eigenvalue weighted by atomic mass is 9.89. The van der Waals surface area contributed by atoms with Crippen LogP contribution in [0.2, 0.25) is 0 Å². The van der Waals surface area contributed by atoms with Crippen LogP contribution in [-0.2, 0) is 9.53 Å². The summed E-state index contributed by atoms with van der Waals surface area (Å²) in [6.07, 6.45) is 2.26. The van der Waals surface area contributed by atoms with Crippen molar-refractivity contribution in [2.75, 3.05) is 19.8 Å². The number of carbonyl (C=O) groups excluding carboxylic acids is 1. The number of hydrogen-bond donors (Lipinski definition) is 1. The van der Waals surface area contributed by atoms with E-state index in [0.29, 0.717) is 13.0 Å². The molecule has 0 spiro atoms. The molecule has 1 amide bonds. The van der Waals surface area contributed by atoms with Gasteiger partial charge in [0, 0.05) is 24.4 Å². The van der Waals surface area contributed by atoms with Crippen LogP contribution in [0.3, 0.4) is 0 Å². The number of carbonyl (C=O) groups is 1. The molecule has 5 heteroatoms. The molecule has 1 aliphatic rings. The van der Waals surface area contributed by atoms with Gasteiger partial charge >= 0.3 is 0 Å². The Balaban J connectivity index is 1.60. The van der Waals surface area contributed by atoms with Gasteiger partial charge in [-0.3, -0.25) is 4.79 Å². The molecule has 1 aromatic heterocycles. The van der Waals surface area contributed by atoms with Crippen molar-refractivity contribution in [3.63, 3.8) is 0 Å². The lowest BCUT2D eigenvalue weighted by molar-refractivity contribution is -0.127. The average molecular weight is 287 g/mol. The third-order valence-electron chi connectivity index (χ3n) is 4.05. The second kappa shape index (κ2) is 5.48. The number of fused-ring (bicyclic) bond motifs is 1. The molecule has 0 saturated carbocycles. The largest absolute Gasteiger partial charge is 0.380 e. The second-order valence-electron chi connectivity index (χ2n) is 6.27. The van der Waals surface area contributed by atoms with Crippen LogP contribution in [0.5, 0.6) is 0 Å². The molecule has 1 aromatic carbocycles. The van der Waals surface area contributed by atoms with E-state index < -0.39 is 0 Å². The summed E-state index contributed by atoms with van der Waals surface area (Å²) >= 11 is 0. The third kappa shape index (κ3) is 2.93. The van der Waals surface area contributed by atoms with Crippen molar-refractivity contribution in [1.29, 1.82) is 0 Å². The minimum Gasteiger partial charge on any atom is -0.380 e. The molecule has 112 valence electrons. The van der Waals surface area contributed by atoms with Crippen molar-refractivity contribution < 1.29 is 9.53 Å². The molecule has 1 aliphatic heterocycles. The van der Waals surface area contributed by atoms with Crippen molar-refractivity contribution in [3.05, 3.63) is 30.6 Å². The Morgan fingerprint density at radius 3 is 2.95 bits per heavy atom. The lowest BCUT2D eigenvalue weighted by Crippen LogP contribution is -2.48. The molecule has 21 heavy (non-hydrogen) atoms. The first-order valence-corrected chi connectivity index (χ1v) is 7.33. The smallest absolute Gasteiger partial charge is 0.222 e. The summed E-state index contributed by atoms with van der Waals surface area (Å²) in [4.78, 5) is 16.5. The minimum absolute atomic E-state index is 0.0772. The highest BCUT2D eigenvalue weighted by atomic mass is 16.5. The van der Waals surface area contributed by atoms with Crippen molar-refractivity contribution in [2.45, 2.75) is 26.3 Å². The normalized spacial score (nSPS) is 18.2. The molecule has 5 nitrogen and oxygen atoms in total. The Morgan fingerprint density at radius 1 is 1.48 bits per heavy atom. The maximum Gasteiger partial charge on any atom is 0.222 e. The number of amides is 1. The number of benzene rings is 1. The van der Waals surface area contributed by atoms with Gasteiger partial charge in [0.15, 0.2) is 0 Å². The summed E-state index contributed by atoms with van der Waals surface area (Å²) in [5.41, 5.74) is 2.14. The Bertz CT molecular complexity index is 646. The molecule has 1 fully saturated rings. The highest BCUT2D eigenvalue weighted by Gasteiger charge is 2.33. The molecule has 2 heterocycles. The summed E-state index contributed by atoms with van der Waals surface area (Å²) in [6.45, 7) is 6.32. The number of rotatable bonds is 5. The quantitative estimate of drug-likeness (QED) is 0.916. The van der Waals surface area contributed by atoms with E-state index >= 15 is 0 Å². The molecule has 1 saturated heterocycles. The standard InChI is InChI=1S/C16H21N3O2/c1-12(7-15(20)17-8-16(2)9-21-10-16)19-11-18-13-5-3-4-6-14(13)19/h3-6,11-12H,7-10H2,1-2H3,(H,17,20)/t12-/m0/s1. The van der Waals surface area contributed by atoms with Crippen molar-refractivity contribution >= 4 is 16.9 Å². The molecule has 1 N–H and O–H groups in total. The van der Waals surface area contributed by atoms with Gasteiger partial charge < -0.3 is 14.6 Å². The SMILES string of the molecule is C[C@@H](CC(=O)NCC1(C)COC1)n1cnc2ccccc21. The first-order chi connectivity index (χ1) is 10.1. The number of para-hydroxylation sites is 2. The highest BCUT2D eigenvalue weighted by molar-refractivity contribution is 5.78. The third-order valence-corrected chi connectivity index (χ3v) is 4.05. The van der Waals surface area contributed by atoms with Gasteiger partial charge in [0.05, 0.1) is 30.6 Å². The number of nitrogens with zero attached hydrogens (tertiary/aromatic N) is 2. The van der Waals surface area contributed by atoms with Gasteiger partial charge in [-0.05, 0) is 19.1 Å². The fourth-order valence-electron chi connectivity index (χ4n) is 2.63. The van der Waals surface area contributed by atoms with Crippen LogP contribution in [0.15, 0.2) is 30.6 Å². The molecule has 0 aliphatic carbocycles. The van der Waals surface area contributed by atoms with E-state index in [1.807, 2.05) is 37.5 Å². The number of imidazole rings is 1. The van der Waals surface area contributed by atoms with Gasteiger partial charge in [-0.1, -0.05) is 19.1 Å². The van der Waals surface area contributed by atoms with E-state index in [1.165, 1.54) is 0 Å². The Labute approximate surface area is 124 Å². The maximum absolute atomic E-state index is 12.1. The molecule has 0 radical (unpaired) electrons. The maximum atomic E-state index is 12.1. The van der Waals surface area contributed by atoms with Crippen LogP contribution in [0, 0.1) is 5.41 Å². The van der Waals surface area contributed by atoms with E-state index in [-0.39, 0.29) is 17.4 Å². The number of ether oxygens (including phenoxy) is 1. The van der Waals surface area contributed by atoms with E-state index in [9.17, 15) is 4.79 Å². The summed E-state index contributed by atoms with van der Waals surface area (Å²) in [5, 5.41) is 3.01. The predicted molar refractivity (Wildman–Crippen MR) is 81.0 cm³/mol. The molecule has 0 bridgehead atoms. The Morgan fingerprint density at radius 2 is 2.24 bits per heavy atom. The van der Waals surface area contributed by atoms with Crippen LogP contribution in [0.25, 0.3) is 11.0 Å². The molecular weight excluding hydrogens is 266 g/mol. The first kappa shape index (κ1) is 14.1. The summed E-state index contributed by atoms with van der Waals surface area (Å²) < 4.78 is 7.25. The minimum atomic E-state index is 0.0772. The highest BCUT2D eigenvalue weighted by Crippen LogP contribution is 2.25. The van der Waals surface area contributed by atoms with Crippen molar-refractivity contribution in [1.82, 2.24) is 14.9 Å². The fourth-order valence-corrected chi connectivity index (χ4v) is 2.63. The van der Waals surface area contributed by atoms with Crippen molar-refractivity contribution in [2.24, 2.45) is 5.41 Å². The van der Waals surface area contributed by atoms with Gasteiger partial charge in [-0.25, -0.2) is 4.98 Å². The van der Waals surface area contributed by atoms with Crippen molar-refractivity contribution in [3.8, 4) is 0 Å². The summed E-state index contributed by atoms with van der Waals surface area (Å²) in [6, 6.07) is 8.06. The number of hydrogen-bond acceptors (Lipinski definition) is 3. The molecule has 0 unspecified atom stereocenters. The monoisotopic (exact) mass is 287 g/mol. The van der Waals surface area contributed by atoms with E-state index in [4.69, 9.17) is 4.74 Å². The van der Waals surface area contributed by atoms with Gasteiger partial charge in [-0.15, -0.1) is 0 Å².